The van der Waals surface area contributed by atoms with Crippen molar-refractivity contribution in [3.63, 3.8) is 0 Å². The number of amides is 2. The van der Waals surface area contributed by atoms with Crippen molar-refractivity contribution < 1.29 is 9.59 Å². The van der Waals surface area contributed by atoms with Gasteiger partial charge in [0.25, 0.3) is 0 Å². The van der Waals surface area contributed by atoms with Crippen molar-refractivity contribution in [2.45, 2.75) is 58.9 Å². The first kappa shape index (κ1) is 21.3. The van der Waals surface area contributed by atoms with E-state index in [1.54, 1.807) is 7.05 Å². The number of rotatable bonds is 8. The van der Waals surface area contributed by atoms with E-state index in [9.17, 15) is 9.59 Å². The van der Waals surface area contributed by atoms with Crippen LogP contribution in [0.5, 0.6) is 0 Å². The summed E-state index contributed by atoms with van der Waals surface area (Å²) < 4.78 is 0. The summed E-state index contributed by atoms with van der Waals surface area (Å²) in [6, 6.07) is 0.212. The van der Waals surface area contributed by atoms with Crippen LogP contribution in [-0.4, -0.2) is 61.9 Å². The molecule has 7 heteroatoms. The molecule has 0 aromatic heterocycles. The summed E-state index contributed by atoms with van der Waals surface area (Å²) in [7, 11) is 1.69. The predicted octanol–water partition coefficient (Wildman–Crippen LogP) is 1.10. The smallest absolute Gasteiger partial charge is 0.222 e. The Morgan fingerprint density at radius 1 is 1.20 bits per heavy atom. The Morgan fingerprint density at radius 3 is 2.44 bits per heavy atom. The Bertz CT molecular complexity index is 445. The molecule has 0 aromatic rings. The Hall–Kier alpha value is -1.79. The van der Waals surface area contributed by atoms with E-state index < -0.39 is 0 Å². The van der Waals surface area contributed by atoms with Gasteiger partial charge in [0.1, 0.15) is 0 Å². The van der Waals surface area contributed by atoms with Gasteiger partial charge >= 0.3 is 0 Å². The number of carbonyl (C=O) groups is 2. The lowest BCUT2D eigenvalue weighted by atomic mass is 9.93. The minimum atomic E-state index is 0.0539. The maximum atomic E-state index is 11.8. The molecule has 144 valence electrons. The Kier molecular flexibility index (Phi) is 9.96. The molecule has 1 heterocycles. The molecule has 1 fully saturated rings. The van der Waals surface area contributed by atoms with Crippen molar-refractivity contribution in [3.8, 4) is 0 Å². The fourth-order valence-electron chi connectivity index (χ4n) is 2.85. The van der Waals surface area contributed by atoms with Crippen LogP contribution in [0.1, 0.15) is 52.9 Å². The molecule has 1 aliphatic heterocycles. The minimum absolute atomic E-state index is 0.0539. The predicted molar refractivity (Wildman–Crippen MR) is 101 cm³/mol. The van der Waals surface area contributed by atoms with E-state index in [-0.39, 0.29) is 17.9 Å². The first-order valence-electron chi connectivity index (χ1n) is 9.53. The molecule has 1 saturated heterocycles. The van der Waals surface area contributed by atoms with Gasteiger partial charge in [0.05, 0.1) is 6.54 Å². The van der Waals surface area contributed by atoms with Crippen molar-refractivity contribution >= 4 is 17.8 Å². The number of piperidine rings is 1. The van der Waals surface area contributed by atoms with Crippen molar-refractivity contribution in [2.75, 3.05) is 33.2 Å². The molecule has 2 amide bonds. The third-order valence-electron chi connectivity index (χ3n) is 4.62. The van der Waals surface area contributed by atoms with E-state index in [0.29, 0.717) is 25.3 Å². The molecule has 1 unspecified atom stereocenters. The van der Waals surface area contributed by atoms with Crippen LogP contribution in [0.25, 0.3) is 0 Å². The molecule has 1 rings (SSSR count). The number of likely N-dealkylation sites (tertiary alicyclic amines) is 1. The highest BCUT2D eigenvalue weighted by Crippen LogP contribution is 2.20. The number of aliphatic imine (C=N–C) groups is 1. The van der Waals surface area contributed by atoms with Crippen molar-refractivity contribution in [3.05, 3.63) is 0 Å². The molecular formula is C18H35N5O2. The topological polar surface area (TPSA) is 85.8 Å². The second kappa shape index (κ2) is 11.7. The molecule has 0 radical (unpaired) electrons. The first-order valence-corrected chi connectivity index (χ1v) is 9.53. The molecule has 0 aromatic carbocycles. The van der Waals surface area contributed by atoms with Crippen LogP contribution in [0.4, 0.5) is 0 Å². The molecule has 1 atom stereocenters. The van der Waals surface area contributed by atoms with Crippen LogP contribution >= 0.6 is 0 Å². The zero-order chi connectivity index (χ0) is 18.7. The van der Waals surface area contributed by atoms with Gasteiger partial charge in [-0.1, -0.05) is 6.92 Å². The summed E-state index contributed by atoms with van der Waals surface area (Å²) in [5, 5.41) is 8.97. The summed E-state index contributed by atoms with van der Waals surface area (Å²) in [5.74, 6) is 1.49. The molecule has 0 spiro atoms. The minimum Gasteiger partial charge on any atom is -0.359 e. The van der Waals surface area contributed by atoms with Gasteiger partial charge in [0, 0.05) is 45.6 Å². The summed E-state index contributed by atoms with van der Waals surface area (Å²) in [4.78, 5) is 30.2. The molecule has 0 bridgehead atoms. The zero-order valence-electron chi connectivity index (χ0n) is 16.2. The van der Waals surface area contributed by atoms with Crippen LogP contribution in [0.2, 0.25) is 0 Å². The quantitative estimate of drug-likeness (QED) is 0.451. The fraction of sp³-hybridized carbons (Fsp3) is 0.833. The summed E-state index contributed by atoms with van der Waals surface area (Å²) in [6.07, 6.45) is 3.93. The number of nitrogens with one attached hydrogen (secondary N) is 3. The maximum Gasteiger partial charge on any atom is 0.222 e. The van der Waals surface area contributed by atoms with E-state index in [0.717, 1.165) is 44.9 Å². The lowest BCUT2D eigenvalue weighted by Crippen LogP contribution is -2.46. The number of hydrogen-bond acceptors (Lipinski definition) is 3. The van der Waals surface area contributed by atoms with Crippen LogP contribution in [0, 0.1) is 5.92 Å². The van der Waals surface area contributed by atoms with Gasteiger partial charge < -0.3 is 20.9 Å². The third-order valence-corrected chi connectivity index (χ3v) is 4.62. The lowest BCUT2D eigenvalue weighted by molar-refractivity contribution is -0.122. The lowest BCUT2D eigenvalue weighted by Gasteiger charge is -2.34. The van der Waals surface area contributed by atoms with Crippen LogP contribution in [0.3, 0.4) is 0 Å². The Labute approximate surface area is 152 Å². The van der Waals surface area contributed by atoms with E-state index >= 15 is 0 Å². The van der Waals surface area contributed by atoms with Gasteiger partial charge in [-0.3, -0.25) is 14.6 Å². The Morgan fingerprint density at radius 2 is 1.88 bits per heavy atom. The van der Waals surface area contributed by atoms with E-state index in [2.05, 4.69) is 32.8 Å². The van der Waals surface area contributed by atoms with E-state index in [4.69, 9.17) is 0 Å². The average Bonchev–Trinajstić information content (AvgIpc) is 2.61. The number of guanidine groups is 1. The van der Waals surface area contributed by atoms with Gasteiger partial charge in [0.2, 0.25) is 11.8 Å². The molecule has 0 aliphatic carbocycles. The fourth-order valence-corrected chi connectivity index (χ4v) is 2.85. The SMILES string of the molecule is CCNC(=NCCC(=O)NC(C)CC)N1CCC(CC(=O)NC)CC1. The monoisotopic (exact) mass is 353 g/mol. The molecule has 3 N–H and O–H groups in total. The number of carbonyl (C=O) groups excluding carboxylic acids is 2. The average molecular weight is 354 g/mol. The van der Waals surface area contributed by atoms with E-state index in [1.165, 1.54) is 0 Å². The second-order valence-electron chi connectivity index (χ2n) is 6.67. The summed E-state index contributed by atoms with van der Waals surface area (Å²) >= 11 is 0. The molecule has 0 saturated carbocycles. The molecular weight excluding hydrogens is 318 g/mol. The highest BCUT2D eigenvalue weighted by Gasteiger charge is 2.23. The van der Waals surface area contributed by atoms with Crippen LogP contribution in [-0.2, 0) is 9.59 Å². The normalized spacial score (nSPS) is 17.1. The van der Waals surface area contributed by atoms with Gasteiger partial charge in [0.15, 0.2) is 5.96 Å². The summed E-state index contributed by atoms with van der Waals surface area (Å²) in [6.45, 7) is 9.19. The highest BCUT2D eigenvalue weighted by molar-refractivity contribution is 5.81. The third kappa shape index (κ3) is 8.23. The van der Waals surface area contributed by atoms with Crippen molar-refractivity contribution in [2.24, 2.45) is 10.9 Å². The van der Waals surface area contributed by atoms with Crippen molar-refractivity contribution in [1.82, 2.24) is 20.9 Å². The number of hydrogen-bond donors (Lipinski definition) is 3. The van der Waals surface area contributed by atoms with Crippen molar-refractivity contribution in [1.29, 1.82) is 0 Å². The van der Waals surface area contributed by atoms with Gasteiger partial charge in [-0.25, -0.2) is 0 Å². The van der Waals surface area contributed by atoms with Crippen LogP contribution in [0.15, 0.2) is 4.99 Å². The first-order chi connectivity index (χ1) is 12.0. The number of nitrogens with zero attached hydrogens (tertiary/aromatic N) is 2. The Balaban J connectivity index is 2.45. The molecule has 1 aliphatic rings. The second-order valence-corrected chi connectivity index (χ2v) is 6.67. The summed E-state index contributed by atoms with van der Waals surface area (Å²) in [5.41, 5.74) is 0. The highest BCUT2D eigenvalue weighted by atomic mass is 16.2. The zero-order valence-corrected chi connectivity index (χ0v) is 16.2. The van der Waals surface area contributed by atoms with Gasteiger partial charge in [-0.05, 0) is 39.0 Å². The van der Waals surface area contributed by atoms with Gasteiger partial charge in [-0.2, -0.15) is 0 Å². The molecule has 7 nitrogen and oxygen atoms in total. The largest absolute Gasteiger partial charge is 0.359 e. The van der Waals surface area contributed by atoms with Crippen LogP contribution < -0.4 is 16.0 Å². The standard InChI is InChI=1S/C18H35N5O2/c1-5-14(3)22-16(24)7-10-21-18(20-6-2)23-11-8-15(9-12-23)13-17(25)19-4/h14-15H,5-13H2,1-4H3,(H,19,25)(H,20,21)(H,22,24). The maximum absolute atomic E-state index is 11.8. The van der Waals surface area contributed by atoms with E-state index in [1.807, 2.05) is 13.8 Å². The molecule has 25 heavy (non-hydrogen) atoms. The van der Waals surface area contributed by atoms with Gasteiger partial charge in [-0.15, -0.1) is 0 Å².